The molecule has 0 unspecified atom stereocenters. The first-order valence-electron chi connectivity index (χ1n) is 7.60. The van der Waals surface area contributed by atoms with E-state index in [0.29, 0.717) is 6.42 Å². The summed E-state index contributed by atoms with van der Waals surface area (Å²) in [7, 11) is 0. The van der Waals surface area contributed by atoms with Gasteiger partial charge in [0.05, 0.1) is 6.54 Å². The second-order valence-electron chi connectivity index (χ2n) is 5.49. The van der Waals surface area contributed by atoms with E-state index in [1.165, 1.54) is 30.0 Å². The van der Waals surface area contributed by atoms with Crippen molar-refractivity contribution in [2.45, 2.75) is 13.3 Å². The molecule has 132 valence electrons. The molecule has 7 heteroatoms. The smallest absolute Gasteiger partial charge is 0.243 e. The fourth-order valence-corrected chi connectivity index (χ4v) is 2.21. The molecular weight excluding hydrogens is 333 g/mol. The summed E-state index contributed by atoms with van der Waals surface area (Å²) >= 11 is 0. The van der Waals surface area contributed by atoms with Gasteiger partial charge in [0.1, 0.15) is 5.82 Å². The summed E-state index contributed by atoms with van der Waals surface area (Å²) in [5, 5.41) is 2.41. The van der Waals surface area contributed by atoms with Crippen LogP contribution >= 0.6 is 0 Å². The molecule has 0 aliphatic heterocycles. The van der Waals surface area contributed by atoms with E-state index in [-0.39, 0.29) is 30.5 Å². The maximum atomic E-state index is 13.1. The van der Waals surface area contributed by atoms with Crippen molar-refractivity contribution in [3.63, 3.8) is 0 Å². The molecule has 0 bridgehead atoms. The molecule has 25 heavy (non-hydrogen) atoms. The average molecular weight is 350 g/mol. The third-order valence-corrected chi connectivity index (χ3v) is 3.57. The molecule has 0 saturated heterocycles. The van der Waals surface area contributed by atoms with Gasteiger partial charge in [0, 0.05) is 25.2 Å². The zero-order valence-corrected chi connectivity index (χ0v) is 13.6. The molecule has 0 aromatic heterocycles. The summed E-state index contributed by atoms with van der Waals surface area (Å²) < 4.78 is 38.9. The van der Waals surface area contributed by atoms with Crippen molar-refractivity contribution in [2.75, 3.05) is 18.4 Å². The average Bonchev–Trinajstić information content (AvgIpc) is 2.56. The predicted molar refractivity (Wildman–Crippen MR) is 87.3 cm³/mol. The highest BCUT2D eigenvalue weighted by Crippen LogP contribution is 2.13. The maximum Gasteiger partial charge on any atom is 0.243 e. The summed E-state index contributed by atoms with van der Waals surface area (Å²) in [5.41, 5.74) is 0.930. The molecule has 0 saturated carbocycles. The zero-order valence-electron chi connectivity index (χ0n) is 13.6. The lowest BCUT2D eigenvalue weighted by Gasteiger charge is -2.20. The molecule has 0 aliphatic carbocycles. The third-order valence-electron chi connectivity index (χ3n) is 3.57. The Bertz CT molecular complexity index is 763. The van der Waals surface area contributed by atoms with Crippen molar-refractivity contribution in [1.29, 1.82) is 0 Å². The summed E-state index contributed by atoms with van der Waals surface area (Å²) in [5.74, 6) is -3.26. The van der Waals surface area contributed by atoms with Crippen molar-refractivity contribution in [3.8, 4) is 0 Å². The van der Waals surface area contributed by atoms with Crippen LogP contribution in [0.25, 0.3) is 0 Å². The van der Waals surface area contributed by atoms with Gasteiger partial charge in [-0.25, -0.2) is 13.2 Å². The van der Waals surface area contributed by atoms with E-state index in [1.54, 1.807) is 12.1 Å². The van der Waals surface area contributed by atoms with E-state index < -0.39 is 17.5 Å². The monoisotopic (exact) mass is 350 g/mol. The summed E-state index contributed by atoms with van der Waals surface area (Å²) in [6, 6.07) is 8.86. The first kappa shape index (κ1) is 18.5. The second kappa shape index (κ2) is 8.32. The van der Waals surface area contributed by atoms with E-state index in [1.807, 2.05) is 0 Å². The van der Waals surface area contributed by atoms with Gasteiger partial charge in [-0.05, 0) is 36.2 Å². The predicted octanol–water partition coefficient (Wildman–Crippen LogP) is 3.13. The highest BCUT2D eigenvalue weighted by atomic mass is 19.2. The minimum Gasteiger partial charge on any atom is -0.333 e. The number of halogens is 3. The molecule has 4 nitrogen and oxygen atoms in total. The topological polar surface area (TPSA) is 49.4 Å². The Morgan fingerprint density at radius 2 is 1.68 bits per heavy atom. The van der Waals surface area contributed by atoms with Crippen LogP contribution in [0.5, 0.6) is 0 Å². The lowest BCUT2D eigenvalue weighted by Crippen LogP contribution is -2.38. The first-order chi connectivity index (χ1) is 11.8. The van der Waals surface area contributed by atoms with Gasteiger partial charge in [0.15, 0.2) is 11.6 Å². The van der Waals surface area contributed by atoms with Gasteiger partial charge in [0.2, 0.25) is 11.8 Å². The standard InChI is InChI=1S/C18H17F3N2O2/c1-12(24)23(9-8-13-2-4-14(19)5-3-13)11-18(25)22-15-6-7-16(20)17(21)10-15/h2-7,10H,8-9,11H2,1H3,(H,22,25). The minimum absolute atomic E-state index is 0.103. The highest BCUT2D eigenvalue weighted by Gasteiger charge is 2.14. The molecule has 2 amide bonds. The van der Waals surface area contributed by atoms with Crippen molar-refractivity contribution < 1.29 is 22.8 Å². The normalized spacial score (nSPS) is 10.4. The fraction of sp³-hybridized carbons (Fsp3) is 0.222. The Balaban J connectivity index is 1.93. The van der Waals surface area contributed by atoms with Crippen LogP contribution in [-0.2, 0) is 16.0 Å². The van der Waals surface area contributed by atoms with Crippen LogP contribution in [0.1, 0.15) is 12.5 Å². The van der Waals surface area contributed by atoms with Gasteiger partial charge >= 0.3 is 0 Å². The zero-order chi connectivity index (χ0) is 18.4. The number of amides is 2. The molecule has 0 fully saturated rings. The maximum absolute atomic E-state index is 13.1. The Morgan fingerprint density at radius 1 is 1.00 bits per heavy atom. The molecule has 0 spiro atoms. The third kappa shape index (κ3) is 5.63. The van der Waals surface area contributed by atoms with Crippen molar-refractivity contribution in [1.82, 2.24) is 4.90 Å². The molecule has 2 aromatic carbocycles. The number of carbonyl (C=O) groups excluding carboxylic acids is 2. The molecule has 2 rings (SSSR count). The van der Waals surface area contributed by atoms with Crippen LogP contribution in [-0.4, -0.2) is 29.8 Å². The van der Waals surface area contributed by atoms with Gasteiger partial charge in [-0.1, -0.05) is 12.1 Å². The summed E-state index contributed by atoms with van der Waals surface area (Å²) in [4.78, 5) is 25.0. The number of rotatable bonds is 6. The summed E-state index contributed by atoms with van der Waals surface area (Å²) in [6.45, 7) is 1.37. The van der Waals surface area contributed by atoms with Crippen LogP contribution < -0.4 is 5.32 Å². The molecule has 0 radical (unpaired) electrons. The van der Waals surface area contributed by atoms with Crippen LogP contribution in [0.2, 0.25) is 0 Å². The Kier molecular flexibility index (Phi) is 6.16. The lowest BCUT2D eigenvalue weighted by atomic mass is 10.1. The Hall–Kier alpha value is -2.83. The quantitative estimate of drug-likeness (QED) is 0.870. The lowest BCUT2D eigenvalue weighted by molar-refractivity contribution is -0.132. The first-order valence-corrected chi connectivity index (χ1v) is 7.60. The highest BCUT2D eigenvalue weighted by molar-refractivity contribution is 5.94. The number of nitrogens with one attached hydrogen (secondary N) is 1. The number of carbonyl (C=O) groups is 2. The molecule has 0 aliphatic rings. The van der Waals surface area contributed by atoms with Crippen molar-refractivity contribution in [2.24, 2.45) is 0 Å². The SMILES string of the molecule is CC(=O)N(CCc1ccc(F)cc1)CC(=O)Nc1ccc(F)c(F)c1. The van der Waals surface area contributed by atoms with E-state index in [2.05, 4.69) is 5.32 Å². The van der Waals surface area contributed by atoms with Crippen LogP contribution in [0.15, 0.2) is 42.5 Å². The Labute approximate surface area is 143 Å². The van der Waals surface area contributed by atoms with E-state index in [4.69, 9.17) is 0 Å². The molecular formula is C18H17F3N2O2. The van der Waals surface area contributed by atoms with Gasteiger partial charge in [-0.2, -0.15) is 0 Å². The number of hydrogen-bond donors (Lipinski definition) is 1. The van der Waals surface area contributed by atoms with Crippen LogP contribution in [0.3, 0.4) is 0 Å². The molecule has 2 aromatic rings. The number of hydrogen-bond acceptors (Lipinski definition) is 2. The molecule has 0 heterocycles. The van der Waals surface area contributed by atoms with Crippen LogP contribution in [0, 0.1) is 17.5 Å². The molecule has 0 atom stereocenters. The number of anilines is 1. The Morgan fingerprint density at radius 3 is 2.28 bits per heavy atom. The van der Waals surface area contributed by atoms with Crippen LogP contribution in [0.4, 0.5) is 18.9 Å². The summed E-state index contributed by atoms with van der Waals surface area (Å²) in [6.07, 6.45) is 0.457. The largest absolute Gasteiger partial charge is 0.333 e. The fourth-order valence-electron chi connectivity index (χ4n) is 2.21. The van der Waals surface area contributed by atoms with E-state index in [0.717, 1.165) is 17.7 Å². The van der Waals surface area contributed by atoms with Gasteiger partial charge in [0.25, 0.3) is 0 Å². The van der Waals surface area contributed by atoms with Crippen molar-refractivity contribution >= 4 is 17.5 Å². The van der Waals surface area contributed by atoms with E-state index >= 15 is 0 Å². The van der Waals surface area contributed by atoms with E-state index in [9.17, 15) is 22.8 Å². The minimum atomic E-state index is -1.07. The number of nitrogens with zero attached hydrogens (tertiary/aromatic N) is 1. The van der Waals surface area contributed by atoms with Gasteiger partial charge < -0.3 is 10.2 Å². The van der Waals surface area contributed by atoms with Crippen molar-refractivity contribution in [3.05, 3.63) is 65.5 Å². The molecule has 1 N–H and O–H groups in total. The van der Waals surface area contributed by atoms with Gasteiger partial charge in [-0.3, -0.25) is 9.59 Å². The number of benzene rings is 2. The second-order valence-corrected chi connectivity index (χ2v) is 5.49. The van der Waals surface area contributed by atoms with Gasteiger partial charge in [-0.15, -0.1) is 0 Å².